The van der Waals surface area contributed by atoms with Crippen LogP contribution in [0.5, 0.6) is 0 Å². The molecule has 0 unspecified atom stereocenters. The van der Waals surface area contributed by atoms with Gasteiger partial charge in [-0.3, -0.25) is 9.59 Å². The molecule has 1 fully saturated rings. The highest BCUT2D eigenvalue weighted by molar-refractivity contribution is 5.76. The van der Waals surface area contributed by atoms with Crippen molar-refractivity contribution in [2.45, 2.75) is 114 Å². The molecule has 0 saturated heterocycles. The summed E-state index contributed by atoms with van der Waals surface area (Å²) in [5.41, 5.74) is 2.50. The quantitative estimate of drug-likeness (QED) is 0.181. The molecule has 1 amide bonds. The fourth-order valence-corrected chi connectivity index (χ4v) is 5.83. The zero-order chi connectivity index (χ0) is 30.8. The minimum Gasteiger partial charge on any atom is -0.469 e. The number of carbonyl (C=O) groups excluding carboxylic acids is 2. The van der Waals surface area contributed by atoms with Gasteiger partial charge in [-0.25, -0.2) is 8.78 Å². The van der Waals surface area contributed by atoms with Gasteiger partial charge in [0.05, 0.1) is 19.3 Å². The molecule has 2 atom stereocenters. The first-order chi connectivity index (χ1) is 19.9. The third-order valence-corrected chi connectivity index (χ3v) is 8.34. The molecule has 0 radical (unpaired) electrons. The number of methoxy groups -OCH3 is 1. The Labute approximate surface area is 249 Å². The number of aliphatic hydroxyl groups excluding tert-OH is 1. The number of aliphatic hydroxyl groups is 1. The molecular formula is C34H48F2N2O4. The molecule has 8 heteroatoms. The number of nitrogens with one attached hydrogen (secondary N) is 2. The van der Waals surface area contributed by atoms with Crippen molar-refractivity contribution in [2.24, 2.45) is 0 Å². The Hall–Kier alpha value is -2.84. The second-order valence-corrected chi connectivity index (χ2v) is 12.7. The van der Waals surface area contributed by atoms with E-state index in [1.807, 2.05) is 0 Å². The van der Waals surface area contributed by atoms with E-state index >= 15 is 0 Å². The van der Waals surface area contributed by atoms with Gasteiger partial charge in [0.2, 0.25) is 5.91 Å². The lowest BCUT2D eigenvalue weighted by Crippen LogP contribution is -2.53. The first-order valence-electron chi connectivity index (χ1n) is 15.3. The van der Waals surface area contributed by atoms with E-state index in [1.165, 1.54) is 30.4 Å². The fraction of sp³-hybridized carbons (Fsp3) is 0.588. The van der Waals surface area contributed by atoms with E-state index in [4.69, 9.17) is 0 Å². The Morgan fingerprint density at radius 1 is 0.976 bits per heavy atom. The summed E-state index contributed by atoms with van der Waals surface area (Å²) in [6.45, 7) is 6.79. The summed E-state index contributed by atoms with van der Waals surface area (Å²) in [7, 11) is 1.35. The molecule has 0 heterocycles. The van der Waals surface area contributed by atoms with Gasteiger partial charge < -0.3 is 20.5 Å². The molecule has 3 N–H and O–H groups in total. The average Bonchev–Trinajstić information content (AvgIpc) is 2.95. The monoisotopic (exact) mass is 586 g/mol. The van der Waals surface area contributed by atoms with Crippen LogP contribution in [0.3, 0.4) is 0 Å². The van der Waals surface area contributed by atoms with E-state index in [0.717, 1.165) is 38.2 Å². The SMILES string of the molecule is COC(=O)CCCCCC(=O)N[C@@H](Cc1cc(F)cc(F)c1)[C@@H](O)CNC1(c2cccc(C(C)(C)C)c2)CCCCC1. The lowest BCUT2D eigenvalue weighted by molar-refractivity contribution is -0.140. The third-order valence-electron chi connectivity index (χ3n) is 8.34. The summed E-state index contributed by atoms with van der Waals surface area (Å²) in [6, 6.07) is 11.2. The Morgan fingerprint density at radius 3 is 2.29 bits per heavy atom. The Kier molecular flexibility index (Phi) is 12.5. The maximum Gasteiger partial charge on any atom is 0.305 e. The van der Waals surface area contributed by atoms with Crippen molar-refractivity contribution in [3.8, 4) is 0 Å². The molecule has 3 rings (SSSR count). The molecular weight excluding hydrogens is 538 g/mol. The van der Waals surface area contributed by atoms with E-state index < -0.39 is 23.8 Å². The largest absolute Gasteiger partial charge is 0.469 e. The van der Waals surface area contributed by atoms with Gasteiger partial charge in [0, 0.05) is 31.0 Å². The highest BCUT2D eigenvalue weighted by Gasteiger charge is 2.35. The summed E-state index contributed by atoms with van der Waals surface area (Å²) in [5, 5.41) is 18.0. The lowest BCUT2D eigenvalue weighted by atomic mass is 9.74. The Morgan fingerprint density at radius 2 is 1.64 bits per heavy atom. The van der Waals surface area contributed by atoms with Crippen LogP contribution in [0.2, 0.25) is 0 Å². The van der Waals surface area contributed by atoms with Crippen molar-refractivity contribution in [2.75, 3.05) is 13.7 Å². The number of ether oxygens (including phenoxy) is 1. The molecule has 1 aliphatic rings. The number of benzene rings is 2. The van der Waals surface area contributed by atoms with Crippen molar-refractivity contribution < 1.29 is 28.2 Å². The summed E-state index contributed by atoms with van der Waals surface area (Å²) in [6.07, 6.45) is 6.66. The van der Waals surface area contributed by atoms with Gasteiger partial charge in [-0.05, 0) is 66.3 Å². The zero-order valence-electron chi connectivity index (χ0n) is 25.6. The van der Waals surface area contributed by atoms with Crippen molar-refractivity contribution in [1.82, 2.24) is 10.6 Å². The standard InChI is InChI=1S/C34H48F2N2O4/c1-33(2,3)25-12-11-13-26(21-25)34(16-9-6-10-17-34)37-23-30(39)29(20-24-18-27(35)22-28(36)19-24)38-31(40)14-7-5-8-15-32(41)42-4/h11-13,18-19,21-22,29-30,37,39H,5-10,14-17,20,23H2,1-4H3,(H,38,40)/t29-,30-/m0/s1. The average molecular weight is 587 g/mol. The molecule has 2 aromatic rings. The molecule has 1 saturated carbocycles. The first-order valence-corrected chi connectivity index (χ1v) is 15.3. The Bertz CT molecular complexity index is 1150. The summed E-state index contributed by atoms with van der Waals surface area (Å²) in [5.74, 6) is -1.93. The van der Waals surface area contributed by atoms with E-state index in [2.05, 4.69) is 60.4 Å². The number of carbonyl (C=O) groups is 2. The van der Waals surface area contributed by atoms with Gasteiger partial charge in [0.15, 0.2) is 0 Å². The summed E-state index contributed by atoms with van der Waals surface area (Å²) >= 11 is 0. The second-order valence-electron chi connectivity index (χ2n) is 12.7. The lowest BCUT2D eigenvalue weighted by Gasteiger charge is -2.41. The molecule has 1 aliphatic carbocycles. The molecule has 42 heavy (non-hydrogen) atoms. The molecule has 0 aliphatic heterocycles. The first kappa shape index (κ1) is 33.7. The normalized spacial score (nSPS) is 16.5. The predicted molar refractivity (Wildman–Crippen MR) is 161 cm³/mol. The van der Waals surface area contributed by atoms with Gasteiger partial charge >= 0.3 is 5.97 Å². The van der Waals surface area contributed by atoms with Gasteiger partial charge in [-0.15, -0.1) is 0 Å². The minimum atomic E-state index is -0.996. The highest BCUT2D eigenvalue weighted by Crippen LogP contribution is 2.38. The van der Waals surface area contributed by atoms with Gasteiger partial charge in [0.25, 0.3) is 0 Å². The number of amides is 1. The highest BCUT2D eigenvalue weighted by atomic mass is 19.1. The predicted octanol–water partition coefficient (Wildman–Crippen LogP) is 6.22. The molecule has 0 aromatic heterocycles. The number of esters is 1. The van der Waals surface area contributed by atoms with Crippen LogP contribution in [0.1, 0.15) is 102 Å². The van der Waals surface area contributed by atoms with Gasteiger partial charge in [-0.2, -0.15) is 0 Å². The van der Waals surface area contributed by atoms with Gasteiger partial charge in [-0.1, -0.05) is 70.7 Å². The smallest absolute Gasteiger partial charge is 0.305 e. The number of hydrogen-bond acceptors (Lipinski definition) is 5. The number of unbranched alkanes of at least 4 members (excludes halogenated alkanes) is 2. The van der Waals surface area contributed by atoms with E-state index in [0.29, 0.717) is 31.2 Å². The second kappa shape index (κ2) is 15.6. The van der Waals surface area contributed by atoms with Crippen LogP contribution in [0.15, 0.2) is 42.5 Å². The van der Waals surface area contributed by atoms with E-state index in [-0.39, 0.29) is 42.2 Å². The molecule has 0 bridgehead atoms. The topological polar surface area (TPSA) is 87.7 Å². The Balaban J connectivity index is 1.73. The van der Waals surface area contributed by atoms with Crippen LogP contribution in [-0.2, 0) is 31.7 Å². The van der Waals surface area contributed by atoms with Crippen LogP contribution < -0.4 is 10.6 Å². The van der Waals surface area contributed by atoms with Crippen LogP contribution in [0, 0.1) is 11.6 Å². The van der Waals surface area contributed by atoms with Crippen LogP contribution >= 0.6 is 0 Å². The van der Waals surface area contributed by atoms with Crippen LogP contribution in [-0.4, -0.2) is 42.8 Å². The van der Waals surface area contributed by atoms with Crippen molar-refractivity contribution in [3.63, 3.8) is 0 Å². The summed E-state index contributed by atoms with van der Waals surface area (Å²) in [4.78, 5) is 24.2. The fourth-order valence-electron chi connectivity index (χ4n) is 5.83. The van der Waals surface area contributed by atoms with Gasteiger partial charge in [0.1, 0.15) is 11.6 Å². The molecule has 6 nitrogen and oxygen atoms in total. The maximum absolute atomic E-state index is 14.0. The van der Waals surface area contributed by atoms with Crippen LogP contribution in [0.4, 0.5) is 8.78 Å². The molecule has 232 valence electrons. The number of rotatable bonds is 14. The number of halogens is 2. The van der Waals surface area contributed by atoms with E-state index in [9.17, 15) is 23.5 Å². The summed E-state index contributed by atoms with van der Waals surface area (Å²) < 4.78 is 32.6. The van der Waals surface area contributed by atoms with Crippen molar-refractivity contribution in [3.05, 3.63) is 70.8 Å². The molecule has 2 aromatic carbocycles. The minimum absolute atomic E-state index is 0.000295. The maximum atomic E-state index is 14.0. The van der Waals surface area contributed by atoms with E-state index in [1.54, 1.807) is 0 Å². The van der Waals surface area contributed by atoms with Crippen LogP contribution in [0.25, 0.3) is 0 Å². The van der Waals surface area contributed by atoms with Crippen molar-refractivity contribution in [1.29, 1.82) is 0 Å². The van der Waals surface area contributed by atoms with Crippen molar-refractivity contribution >= 4 is 11.9 Å². The third kappa shape index (κ3) is 10.2. The number of hydrogen-bond donors (Lipinski definition) is 3. The molecule has 0 spiro atoms. The zero-order valence-corrected chi connectivity index (χ0v) is 25.6.